The number of aliphatic hydroxyl groups is 1. The van der Waals surface area contributed by atoms with Crippen LogP contribution in [0.4, 0.5) is 0 Å². The molecular weight excluding hydrogens is 288 g/mol. The van der Waals surface area contributed by atoms with Crippen molar-refractivity contribution in [1.82, 2.24) is 0 Å². The van der Waals surface area contributed by atoms with Gasteiger partial charge in [-0.2, -0.15) is 0 Å². The Balaban J connectivity index is 2.30. The molecular formula is C20H26O3. The van der Waals surface area contributed by atoms with E-state index >= 15 is 0 Å². The quantitative estimate of drug-likeness (QED) is 0.611. The Kier molecular flexibility index (Phi) is 5.78. The maximum absolute atomic E-state index is 10.6. The van der Waals surface area contributed by atoms with Crippen molar-refractivity contribution < 1.29 is 14.6 Å². The molecule has 0 bridgehead atoms. The lowest BCUT2D eigenvalue weighted by molar-refractivity contribution is -0.132. The third kappa shape index (κ3) is 3.91. The van der Waals surface area contributed by atoms with Crippen LogP contribution < -0.4 is 0 Å². The number of carbonyl (C=O) groups is 1. The van der Waals surface area contributed by atoms with Crippen LogP contribution in [0.25, 0.3) is 0 Å². The van der Waals surface area contributed by atoms with Gasteiger partial charge in [0.1, 0.15) is 6.61 Å². The Morgan fingerprint density at radius 1 is 1.43 bits per heavy atom. The van der Waals surface area contributed by atoms with Crippen LogP contribution in [-0.4, -0.2) is 18.2 Å². The molecule has 1 aliphatic rings. The van der Waals surface area contributed by atoms with E-state index in [9.17, 15) is 9.90 Å². The molecule has 3 heteroatoms. The summed E-state index contributed by atoms with van der Waals surface area (Å²) in [5.74, 6) is 0.738. The second kappa shape index (κ2) is 7.60. The third-order valence-corrected chi connectivity index (χ3v) is 5.16. The molecule has 1 N–H and O–H groups in total. The standard InChI is InChI=1S/C20H26O3/c1-4-20(13-23-14-22)10-9-18(15(2)3)19(11-20)17-7-5-16(12-21)6-8-17/h4-8,14,18-19,21H,1-2,9-13H2,3H3/t18-,19-,20-/m0/s1. The molecule has 1 aliphatic carbocycles. The molecule has 1 saturated carbocycles. The van der Waals surface area contributed by atoms with Crippen LogP contribution in [0.2, 0.25) is 0 Å². The maximum Gasteiger partial charge on any atom is 0.293 e. The highest BCUT2D eigenvalue weighted by Crippen LogP contribution is 2.50. The predicted octanol–water partition coefficient (Wildman–Crippen LogP) is 3.98. The number of rotatable bonds is 7. The molecule has 0 unspecified atom stereocenters. The van der Waals surface area contributed by atoms with Crippen LogP contribution in [0.1, 0.15) is 43.2 Å². The van der Waals surface area contributed by atoms with E-state index in [0.29, 0.717) is 24.9 Å². The summed E-state index contributed by atoms with van der Waals surface area (Å²) >= 11 is 0. The maximum atomic E-state index is 10.6. The normalized spacial score (nSPS) is 27.2. The second-order valence-corrected chi connectivity index (χ2v) is 6.68. The summed E-state index contributed by atoms with van der Waals surface area (Å²) in [5.41, 5.74) is 3.17. The van der Waals surface area contributed by atoms with Gasteiger partial charge in [-0.05, 0) is 49.1 Å². The largest absolute Gasteiger partial charge is 0.467 e. The van der Waals surface area contributed by atoms with Gasteiger partial charge in [0.15, 0.2) is 0 Å². The minimum atomic E-state index is -0.173. The first-order valence-electron chi connectivity index (χ1n) is 8.09. The topological polar surface area (TPSA) is 46.5 Å². The van der Waals surface area contributed by atoms with Crippen molar-refractivity contribution in [3.8, 4) is 0 Å². The summed E-state index contributed by atoms with van der Waals surface area (Å²) in [7, 11) is 0. The molecule has 0 radical (unpaired) electrons. The molecule has 124 valence electrons. The lowest BCUT2D eigenvalue weighted by atomic mass is 9.62. The van der Waals surface area contributed by atoms with Crippen LogP contribution >= 0.6 is 0 Å². The van der Waals surface area contributed by atoms with E-state index in [1.807, 2.05) is 18.2 Å². The van der Waals surface area contributed by atoms with Crippen molar-refractivity contribution >= 4 is 6.47 Å². The Labute approximate surface area is 138 Å². The average molecular weight is 314 g/mol. The number of aliphatic hydroxyl groups excluding tert-OH is 1. The Hall–Kier alpha value is -1.87. The van der Waals surface area contributed by atoms with Crippen LogP contribution in [0, 0.1) is 11.3 Å². The number of allylic oxidation sites excluding steroid dienone is 1. The van der Waals surface area contributed by atoms with Gasteiger partial charge in [-0.3, -0.25) is 4.79 Å². The summed E-state index contributed by atoms with van der Waals surface area (Å²) in [6.45, 7) is 11.2. The number of benzene rings is 1. The Bertz CT molecular complexity index is 561. The smallest absolute Gasteiger partial charge is 0.293 e. The third-order valence-electron chi connectivity index (χ3n) is 5.16. The van der Waals surface area contributed by atoms with Crippen molar-refractivity contribution in [2.75, 3.05) is 6.61 Å². The molecule has 1 fully saturated rings. The van der Waals surface area contributed by atoms with Crippen molar-refractivity contribution in [1.29, 1.82) is 0 Å². The molecule has 1 aromatic carbocycles. The highest BCUT2D eigenvalue weighted by atomic mass is 16.5. The summed E-state index contributed by atoms with van der Waals surface area (Å²) in [4.78, 5) is 10.6. The number of ether oxygens (including phenoxy) is 1. The van der Waals surface area contributed by atoms with Gasteiger partial charge in [-0.1, -0.05) is 42.5 Å². The summed E-state index contributed by atoms with van der Waals surface area (Å²) in [5, 5.41) is 9.22. The fourth-order valence-corrected chi connectivity index (χ4v) is 3.71. The molecule has 0 heterocycles. The number of carbonyl (C=O) groups excluding carboxylic acids is 1. The first-order chi connectivity index (χ1) is 11.0. The van der Waals surface area contributed by atoms with E-state index in [1.54, 1.807) is 0 Å². The minimum Gasteiger partial charge on any atom is -0.467 e. The molecule has 0 amide bonds. The highest BCUT2D eigenvalue weighted by Gasteiger charge is 2.40. The van der Waals surface area contributed by atoms with Crippen molar-refractivity contribution in [2.45, 2.75) is 38.7 Å². The molecule has 0 saturated heterocycles. The zero-order valence-corrected chi connectivity index (χ0v) is 13.8. The zero-order chi connectivity index (χ0) is 16.9. The van der Waals surface area contributed by atoms with Gasteiger partial charge >= 0.3 is 0 Å². The van der Waals surface area contributed by atoms with Crippen molar-refractivity contribution in [2.24, 2.45) is 11.3 Å². The monoisotopic (exact) mass is 314 g/mol. The van der Waals surface area contributed by atoms with Crippen LogP contribution in [0.15, 0.2) is 49.1 Å². The predicted molar refractivity (Wildman–Crippen MR) is 91.9 cm³/mol. The van der Waals surface area contributed by atoms with E-state index in [0.717, 1.165) is 24.8 Å². The van der Waals surface area contributed by atoms with Gasteiger partial charge in [0.25, 0.3) is 6.47 Å². The number of hydrogen-bond donors (Lipinski definition) is 1. The van der Waals surface area contributed by atoms with Gasteiger partial charge in [0.2, 0.25) is 0 Å². The molecule has 0 aliphatic heterocycles. The van der Waals surface area contributed by atoms with Gasteiger partial charge < -0.3 is 9.84 Å². The van der Waals surface area contributed by atoms with Crippen molar-refractivity contribution in [3.05, 3.63) is 60.2 Å². The van der Waals surface area contributed by atoms with E-state index in [1.165, 1.54) is 11.1 Å². The fraction of sp³-hybridized carbons (Fsp3) is 0.450. The zero-order valence-electron chi connectivity index (χ0n) is 13.8. The molecule has 23 heavy (non-hydrogen) atoms. The first kappa shape index (κ1) is 17.5. The van der Waals surface area contributed by atoms with E-state index in [2.05, 4.69) is 32.2 Å². The van der Waals surface area contributed by atoms with Crippen LogP contribution in [-0.2, 0) is 16.1 Å². The van der Waals surface area contributed by atoms with Crippen LogP contribution in [0.5, 0.6) is 0 Å². The summed E-state index contributed by atoms with van der Waals surface area (Å²) in [6, 6.07) is 8.12. The lowest BCUT2D eigenvalue weighted by Crippen LogP contribution is -2.35. The van der Waals surface area contributed by atoms with Gasteiger partial charge in [-0.15, -0.1) is 6.58 Å². The van der Waals surface area contributed by atoms with E-state index in [4.69, 9.17) is 4.74 Å². The molecule has 3 nitrogen and oxygen atoms in total. The van der Waals surface area contributed by atoms with Gasteiger partial charge in [-0.25, -0.2) is 0 Å². The van der Waals surface area contributed by atoms with Crippen LogP contribution in [0.3, 0.4) is 0 Å². The SMILES string of the molecule is C=C[C@]1(COC=O)CC[C@@H](C(=C)C)[C@H](c2ccc(CO)cc2)C1. The fourth-order valence-electron chi connectivity index (χ4n) is 3.71. The minimum absolute atomic E-state index is 0.0542. The van der Waals surface area contributed by atoms with Gasteiger partial charge in [0, 0.05) is 5.41 Å². The molecule has 0 spiro atoms. The molecule has 2 rings (SSSR count). The summed E-state index contributed by atoms with van der Waals surface area (Å²) < 4.78 is 5.08. The molecule has 1 aromatic rings. The Morgan fingerprint density at radius 3 is 2.65 bits per heavy atom. The average Bonchev–Trinajstić information content (AvgIpc) is 2.59. The van der Waals surface area contributed by atoms with E-state index in [-0.39, 0.29) is 12.0 Å². The lowest BCUT2D eigenvalue weighted by Gasteiger charge is -2.43. The Morgan fingerprint density at radius 2 is 2.13 bits per heavy atom. The molecule has 3 atom stereocenters. The van der Waals surface area contributed by atoms with Crippen molar-refractivity contribution in [3.63, 3.8) is 0 Å². The highest BCUT2D eigenvalue weighted by molar-refractivity contribution is 5.37. The second-order valence-electron chi connectivity index (χ2n) is 6.68. The summed E-state index contributed by atoms with van der Waals surface area (Å²) in [6.07, 6.45) is 4.80. The number of hydrogen-bond acceptors (Lipinski definition) is 3. The van der Waals surface area contributed by atoms with Gasteiger partial charge in [0.05, 0.1) is 6.61 Å². The first-order valence-corrected chi connectivity index (χ1v) is 8.09. The molecule has 0 aromatic heterocycles. The van der Waals surface area contributed by atoms with E-state index < -0.39 is 0 Å².